The minimum absolute atomic E-state index is 0.0450. The molecule has 2 aromatic carbocycles. The first-order chi connectivity index (χ1) is 10.7. The fourth-order valence-electron chi connectivity index (χ4n) is 2.79. The van der Waals surface area contributed by atoms with Gasteiger partial charge in [0.15, 0.2) is 0 Å². The van der Waals surface area contributed by atoms with Gasteiger partial charge in [0, 0.05) is 24.2 Å². The largest absolute Gasteiger partial charge is 0.496 e. The lowest BCUT2D eigenvalue weighted by Crippen LogP contribution is -2.29. The van der Waals surface area contributed by atoms with Crippen molar-refractivity contribution in [2.24, 2.45) is 0 Å². The Hall–Kier alpha value is -2.33. The molecular formula is C18H19NO3. The van der Waals surface area contributed by atoms with Gasteiger partial charge in [0.2, 0.25) is 0 Å². The smallest absolute Gasteiger partial charge is 0.253 e. The number of methoxy groups -OCH3 is 1. The molecule has 0 aromatic heterocycles. The number of hydrogen-bond donors (Lipinski definition) is 1. The molecule has 114 valence electrons. The van der Waals surface area contributed by atoms with Crippen molar-refractivity contribution in [1.82, 2.24) is 4.90 Å². The first-order valence-electron chi connectivity index (χ1n) is 7.40. The third kappa shape index (κ3) is 2.83. The van der Waals surface area contributed by atoms with Gasteiger partial charge < -0.3 is 14.7 Å². The van der Waals surface area contributed by atoms with Gasteiger partial charge in [-0.05, 0) is 30.2 Å². The van der Waals surface area contributed by atoms with Crippen molar-refractivity contribution in [3.63, 3.8) is 0 Å². The van der Waals surface area contributed by atoms with Crippen molar-refractivity contribution in [3.05, 3.63) is 54.1 Å². The van der Waals surface area contributed by atoms with E-state index in [9.17, 15) is 9.90 Å². The third-order valence-corrected chi connectivity index (χ3v) is 3.98. The van der Waals surface area contributed by atoms with Gasteiger partial charge in [-0.3, -0.25) is 4.79 Å². The van der Waals surface area contributed by atoms with E-state index in [-0.39, 0.29) is 5.91 Å². The van der Waals surface area contributed by atoms with Crippen molar-refractivity contribution < 1.29 is 14.6 Å². The van der Waals surface area contributed by atoms with E-state index < -0.39 is 6.10 Å². The molecule has 1 aliphatic rings. The second kappa shape index (κ2) is 6.20. The van der Waals surface area contributed by atoms with Crippen LogP contribution in [0, 0.1) is 0 Å². The fraction of sp³-hybridized carbons (Fsp3) is 0.278. The summed E-state index contributed by atoms with van der Waals surface area (Å²) in [4.78, 5) is 14.2. The zero-order valence-electron chi connectivity index (χ0n) is 12.5. The van der Waals surface area contributed by atoms with Gasteiger partial charge in [-0.2, -0.15) is 0 Å². The van der Waals surface area contributed by atoms with Crippen LogP contribution in [0.2, 0.25) is 0 Å². The summed E-state index contributed by atoms with van der Waals surface area (Å²) in [5, 5.41) is 9.60. The molecule has 1 fully saturated rings. The molecule has 1 atom stereocenters. The van der Waals surface area contributed by atoms with Gasteiger partial charge in [-0.1, -0.05) is 30.3 Å². The number of carbonyl (C=O) groups is 1. The van der Waals surface area contributed by atoms with E-state index in [1.54, 1.807) is 18.1 Å². The summed E-state index contributed by atoms with van der Waals surface area (Å²) in [5.74, 6) is 0.695. The minimum atomic E-state index is -0.407. The average molecular weight is 297 g/mol. The predicted molar refractivity (Wildman–Crippen MR) is 85.0 cm³/mol. The normalized spacial score (nSPS) is 17.5. The lowest BCUT2D eigenvalue weighted by atomic mass is 10.0. The second-order valence-corrected chi connectivity index (χ2v) is 5.47. The summed E-state index contributed by atoms with van der Waals surface area (Å²) >= 11 is 0. The van der Waals surface area contributed by atoms with E-state index in [0.717, 1.165) is 16.9 Å². The van der Waals surface area contributed by atoms with E-state index in [1.165, 1.54) is 0 Å². The minimum Gasteiger partial charge on any atom is -0.496 e. The molecule has 1 saturated heterocycles. The van der Waals surface area contributed by atoms with Gasteiger partial charge >= 0.3 is 0 Å². The lowest BCUT2D eigenvalue weighted by Gasteiger charge is -2.17. The van der Waals surface area contributed by atoms with Gasteiger partial charge in [0.1, 0.15) is 5.75 Å². The van der Waals surface area contributed by atoms with Crippen LogP contribution in [0.25, 0.3) is 11.1 Å². The molecule has 1 amide bonds. The van der Waals surface area contributed by atoms with E-state index in [0.29, 0.717) is 25.1 Å². The molecule has 0 spiro atoms. The Balaban J connectivity index is 1.95. The van der Waals surface area contributed by atoms with Crippen LogP contribution in [0.4, 0.5) is 0 Å². The number of amides is 1. The molecule has 4 heteroatoms. The SMILES string of the molecule is COc1ccc(C(=O)N2CC[C@@H](O)C2)cc1-c1ccccc1. The van der Waals surface area contributed by atoms with Crippen molar-refractivity contribution >= 4 is 5.91 Å². The van der Waals surface area contributed by atoms with Crippen LogP contribution in [-0.2, 0) is 0 Å². The van der Waals surface area contributed by atoms with Crippen molar-refractivity contribution in [2.75, 3.05) is 20.2 Å². The van der Waals surface area contributed by atoms with Crippen LogP contribution in [0.15, 0.2) is 48.5 Å². The molecular weight excluding hydrogens is 278 g/mol. The molecule has 0 bridgehead atoms. The average Bonchev–Trinajstić information content (AvgIpc) is 3.01. The predicted octanol–water partition coefficient (Wildman–Crippen LogP) is 2.57. The molecule has 1 aliphatic heterocycles. The molecule has 22 heavy (non-hydrogen) atoms. The van der Waals surface area contributed by atoms with Gasteiger partial charge in [0.25, 0.3) is 5.91 Å². The highest BCUT2D eigenvalue weighted by Gasteiger charge is 2.25. The van der Waals surface area contributed by atoms with Crippen LogP contribution >= 0.6 is 0 Å². The number of nitrogens with zero attached hydrogens (tertiary/aromatic N) is 1. The summed E-state index contributed by atoms with van der Waals surface area (Å²) in [6, 6.07) is 15.3. The summed E-state index contributed by atoms with van der Waals surface area (Å²) in [6.07, 6.45) is 0.240. The van der Waals surface area contributed by atoms with Crippen LogP contribution in [0.5, 0.6) is 5.75 Å². The topological polar surface area (TPSA) is 49.8 Å². The summed E-state index contributed by atoms with van der Waals surface area (Å²) in [7, 11) is 1.63. The van der Waals surface area contributed by atoms with E-state index >= 15 is 0 Å². The number of β-amino-alcohol motifs (C(OH)–C–C–N with tert-alkyl or cyclic N) is 1. The maximum absolute atomic E-state index is 12.5. The number of ether oxygens (including phenoxy) is 1. The highest BCUT2D eigenvalue weighted by molar-refractivity contribution is 5.96. The molecule has 3 rings (SSSR count). The molecule has 1 N–H and O–H groups in total. The zero-order chi connectivity index (χ0) is 15.5. The number of aliphatic hydroxyl groups excluding tert-OH is 1. The molecule has 0 saturated carbocycles. The number of benzene rings is 2. The maximum Gasteiger partial charge on any atom is 0.253 e. The van der Waals surface area contributed by atoms with E-state index in [1.807, 2.05) is 42.5 Å². The van der Waals surface area contributed by atoms with Crippen LogP contribution in [0.1, 0.15) is 16.8 Å². The monoisotopic (exact) mass is 297 g/mol. The molecule has 2 aromatic rings. The Labute approximate surface area is 130 Å². The Morgan fingerprint density at radius 2 is 2.00 bits per heavy atom. The Morgan fingerprint density at radius 1 is 1.23 bits per heavy atom. The van der Waals surface area contributed by atoms with Crippen LogP contribution in [0.3, 0.4) is 0 Å². The fourth-order valence-corrected chi connectivity index (χ4v) is 2.79. The van der Waals surface area contributed by atoms with Crippen LogP contribution < -0.4 is 4.74 Å². The number of rotatable bonds is 3. The van der Waals surface area contributed by atoms with Crippen molar-refractivity contribution in [2.45, 2.75) is 12.5 Å². The van der Waals surface area contributed by atoms with Crippen LogP contribution in [-0.4, -0.2) is 42.2 Å². The van der Waals surface area contributed by atoms with Gasteiger partial charge in [-0.25, -0.2) is 0 Å². The maximum atomic E-state index is 12.5. The van der Waals surface area contributed by atoms with Gasteiger partial charge in [0.05, 0.1) is 13.2 Å². The highest BCUT2D eigenvalue weighted by Crippen LogP contribution is 2.31. The number of aliphatic hydroxyl groups is 1. The van der Waals surface area contributed by atoms with Crippen molar-refractivity contribution in [1.29, 1.82) is 0 Å². The quantitative estimate of drug-likeness (QED) is 0.947. The first-order valence-corrected chi connectivity index (χ1v) is 7.40. The lowest BCUT2D eigenvalue weighted by molar-refractivity contribution is 0.0765. The number of likely N-dealkylation sites (tertiary alicyclic amines) is 1. The zero-order valence-corrected chi connectivity index (χ0v) is 12.5. The Bertz CT molecular complexity index is 669. The third-order valence-electron chi connectivity index (χ3n) is 3.98. The van der Waals surface area contributed by atoms with Crippen molar-refractivity contribution in [3.8, 4) is 16.9 Å². The highest BCUT2D eigenvalue weighted by atomic mass is 16.5. The van der Waals surface area contributed by atoms with E-state index in [4.69, 9.17) is 4.74 Å². The Kier molecular flexibility index (Phi) is 4.11. The molecule has 1 heterocycles. The van der Waals surface area contributed by atoms with E-state index in [2.05, 4.69) is 0 Å². The second-order valence-electron chi connectivity index (χ2n) is 5.47. The Morgan fingerprint density at radius 3 is 2.64 bits per heavy atom. The summed E-state index contributed by atoms with van der Waals surface area (Å²) in [5.41, 5.74) is 2.53. The van der Waals surface area contributed by atoms with Gasteiger partial charge in [-0.15, -0.1) is 0 Å². The summed E-state index contributed by atoms with van der Waals surface area (Å²) < 4.78 is 5.41. The molecule has 0 radical (unpaired) electrons. The summed E-state index contributed by atoms with van der Waals surface area (Å²) in [6.45, 7) is 1.01. The standard InChI is InChI=1S/C18H19NO3/c1-22-17-8-7-14(18(21)19-10-9-15(20)12-19)11-16(17)13-5-3-2-4-6-13/h2-8,11,15,20H,9-10,12H2,1H3/t15-/m1/s1. The molecule has 0 aliphatic carbocycles. The number of hydrogen-bond acceptors (Lipinski definition) is 3. The molecule has 0 unspecified atom stereocenters. The number of carbonyl (C=O) groups excluding carboxylic acids is 1. The first kappa shape index (κ1) is 14.6. The molecule has 4 nitrogen and oxygen atoms in total.